The van der Waals surface area contributed by atoms with Gasteiger partial charge < -0.3 is 0 Å². The van der Waals surface area contributed by atoms with E-state index >= 15 is 0 Å². The highest BCUT2D eigenvalue weighted by Gasteiger charge is 2.04. The van der Waals surface area contributed by atoms with Crippen molar-refractivity contribution in [3.05, 3.63) is 0 Å². The molecule has 1 unspecified atom stereocenters. The maximum Gasteiger partial charge on any atom is 0.00675 e. The van der Waals surface area contributed by atoms with Crippen molar-refractivity contribution >= 4 is 27.7 Å². The highest BCUT2D eigenvalue weighted by Crippen LogP contribution is 2.17. The normalized spacial score (nSPS) is 13.2. The number of hydrogen-bond donors (Lipinski definition) is 0. The maximum absolute atomic E-state index is 3.59. The minimum absolute atomic E-state index is 0.900. The Labute approximate surface area is 96.4 Å². The van der Waals surface area contributed by atoms with Crippen LogP contribution in [0.2, 0.25) is 0 Å². The van der Waals surface area contributed by atoms with Gasteiger partial charge >= 0.3 is 0 Å². The lowest BCUT2D eigenvalue weighted by molar-refractivity contribution is 0.597. The first-order valence-electron chi connectivity index (χ1n) is 5.48. The van der Waals surface area contributed by atoms with E-state index in [-0.39, 0.29) is 0 Å². The number of halogens is 1. The van der Waals surface area contributed by atoms with E-state index in [2.05, 4.69) is 41.5 Å². The first kappa shape index (κ1) is 13.8. The summed E-state index contributed by atoms with van der Waals surface area (Å²) in [5.41, 5.74) is 0. The Balaban J connectivity index is 3.17. The van der Waals surface area contributed by atoms with Gasteiger partial charge in [-0.25, -0.2) is 0 Å². The molecule has 0 aromatic heterocycles. The van der Waals surface area contributed by atoms with Gasteiger partial charge in [0.25, 0.3) is 0 Å². The van der Waals surface area contributed by atoms with Crippen LogP contribution in [0.3, 0.4) is 0 Å². The van der Waals surface area contributed by atoms with Gasteiger partial charge in [0.15, 0.2) is 0 Å². The Morgan fingerprint density at radius 1 is 1.15 bits per heavy atom. The summed E-state index contributed by atoms with van der Waals surface area (Å²) in [5, 5.41) is 1.18. The molecule has 80 valence electrons. The topological polar surface area (TPSA) is 0 Å². The van der Waals surface area contributed by atoms with Gasteiger partial charge in [-0.2, -0.15) is 11.8 Å². The second-order valence-electron chi connectivity index (χ2n) is 3.59. The zero-order valence-corrected chi connectivity index (χ0v) is 11.4. The fraction of sp³-hybridized carbons (Fsp3) is 1.00. The van der Waals surface area contributed by atoms with E-state index in [0.29, 0.717) is 0 Å². The van der Waals surface area contributed by atoms with Gasteiger partial charge in [-0.3, -0.25) is 0 Å². The molecule has 0 saturated heterocycles. The summed E-state index contributed by atoms with van der Waals surface area (Å²) in [6.07, 6.45) is 6.86. The molecule has 13 heavy (non-hydrogen) atoms. The average Bonchev–Trinajstić information content (AvgIpc) is 2.16. The molecule has 0 N–H and O–H groups in total. The Bertz CT molecular complexity index is 96.1. The number of rotatable bonds is 9. The third-order valence-electron chi connectivity index (χ3n) is 2.16. The van der Waals surface area contributed by atoms with E-state index in [1.54, 1.807) is 0 Å². The third kappa shape index (κ3) is 9.14. The van der Waals surface area contributed by atoms with E-state index in [0.717, 1.165) is 5.92 Å². The lowest BCUT2D eigenvalue weighted by Gasteiger charge is -2.11. The lowest BCUT2D eigenvalue weighted by Crippen LogP contribution is -2.05. The van der Waals surface area contributed by atoms with Gasteiger partial charge in [-0.05, 0) is 30.3 Å². The molecule has 0 aromatic carbocycles. The maximum atomic E-state index is 3.59. The van der Waals surface area contributed by atoms with E-state index in [4.69, 9.17) is 0 Å². The third-order valence-corrected chi connectivity index (χ3v) is 4.36. The van der Waals surface area contributed by atoms with Gasteiger partial charge in [0.05, 0.1) is 0 Å². The van der Waals surface area contributed by atoms with E-state index in [9.17, 15) is 0 Å². The summed E-state index contributed by atoms with van der Waals surface area (Å²) in [7, 11) is 0. The predicted octanol–water partition coefficient (Wildman–Crippen LogP) is 4.72. The fourth-order valence-electron chi connectivity index (χ4n) is 1.32. The number of thioether (sulfide) groups is 1. The van der Waals surface area contributed by atoms with Crippen molar-refractivity contribution in [2.24, 2.45) is 5.92 Å². The molecule has 1 atom stereocenters. The first-order valence-corrected chi connectivity index (χ1v) is 7.76. The van der Waals surface area contributed by atoms with Crippen LogP contribution in [0.4, 0.5) is 0 Å². The van der Waals surface area contributed by atoms with Gasteiger partial charge in [0.1, 0.15) is 0 Å². The number of unbranched alkanes of at least 4 members (excludes halogenated alkanes) is 2. The summed E-state index contributed by atoms with van der Waals surface area (Å²) in [6, 6.07) is 0. The Morgan fingerprint density at radius 2 is 1.92 bits per heavy atom. The average molecular weight is 267 g/mol. The molecule has 0 heterocycles. The molecule has 2 heteroatoms. The second kappa shape index (κ2) is 10.9. The first-order chi connectivity index (χ1) is 6.35. The summed E-state index contributed by atoms with van der Waals surface area (Å²) >= 11 is 5.72. The van der Waals surface area contributed by atoms with Crippen LogP contribution < -0.4 is 0 Å². The molecule has 0 aromatic rings. The summed E-state index contributed by atoms with van der Waals surface area (Å²) in [6.45, 7) is 4.54. The minimum Gasteiger partial charge on any atom is -0.162 e. The van der Waals surface area contributed by atoms with Crippen LogP contribution in [-0.2, 0) is 0 Å². The number of hydrogen-bond acceptors (Lipinski definition) is 1. The van der Waals surface area contributed by atoms with E-state index in [1.807, 2.05) is 0 Å². The Kier molecular flexibility index (Phi) is 11.6. The van der Waals surface area contributed by atoms with Gasteiger partial charge in [0.2, 0.25) is 0 Å². The molecule has 0 aliphatic carbocycles. The van der Waals surface area contributed by atoms with Crippen LogP contribution in [0, 0.1) is 5.92 Å². The smallest absolute Gasteiger partial charge is 0.00675 e. The largest absolute Gasteiger partial charge is 0.162 e. The molecule has 0 rings (SSSR count). The van der Waals surface area contributed by atoms with Crippen molar-refractivity contribution in [3.8, 4) is 0 Å². The van der Waals surface area contributed by atoms with Gasteiger partial charge in [0, 0.05) is 5.33 Å². The summed E-state index contributed by atoms with van der Waals surface area (Å²) in [5.74, 6) is 3.61. The summed E-state index contributed by atoms with van der Waals surface area (Å²) in [4.78, 5) is 0. The van der Waals surface area contributed by atoms with Gasteiger partial charge in [-0.1, -0.05) is 49.0 Å². The quantitative estimate of drug-likeness (QED) is 0.430. The zero-order chi connectivity index (χ0) is 9.94. The molecule has 0 fully saturated rings. The van der Waals surface area contributed by atoms with E-state index < -0.39 is 0 Å². The fourth-order valence-corrected chi connectivity index (χ4v) is 3.37. The van der Waals surface area contributed by atoms with Gasteiger partial charge in [-0.15, -0.1) is 0 Å². The minimum atomic E-state index is 0.900. The number of alkyl halides is 1. The molecule has 0 aliphatic rings. The molecule has 0 nitrogen and oxygen atoms in total. The molecular weight excluding hydrogens is 244 g/mol. The lowest BCUT2D eigenvalue weighted by atomic mass is 10.1. The second-order valence-corrected chi connectivity index (χ2v) is 5.39. The summed E-state index contributed by atoms with van der Waals surface area (Å²) < 4.78 is 0. The van der Waals surface area contributed by atoms with Crippen molar-refractivity contribution < 1.29 is 0 Å². The molecule has 0 amide bonds. The highest BCUT2D eigenvalue weighted by molar-refractivity contribution is 9.09. The van der Waals surface area contributed by atoms with Crippen LogP contribution in [0.5, 0.6) is 0 Å². The van der Waals surface area contributed by atoms with Crippen LogP contribution in [0.15, 0.2) is 0 Å². The van der Waals surface area contributed by atoms with Crippen LogP contribution >= 0.6 is 27.7 Å². The van der Waals surface area contributed by atoms with E-state index in [1.165, 1.54) is 48.9 Å². The van der Waals surface area contributed by atoms with Crippen molar-refractivity contribution in [1.29, 1.82) is 0 Å². The Morgan fingerprint density at radius 3 is 2.46 bits per heavy atom. The molecule has 0 spiro atoms. The Hall–Kier alpha value is 0.830. The molecule has 0 aliphatic heterocycles. The standard InChI is InChI=1S/C11H23BrS/c1-3-5-6-8-13-10-11(9-12)7-4-2/h11H,3-10H2,1-2H3. The predicted molar refractivity (Wildman–Crippen MR) is 69.0 cm³/mol. The highest BCUT2D eigenvalue weighted by atomic mass is 79.9. The molecule has 0 bridgehead atoms. The van der Waals surface area contributed by atoms with Crippen molar-refractivity contribution in [3.63, 3.8) is 0 Å². The molecule has 0 radical (unpaired) electrons. The zero-order valence-electron chi connectivity index (χ0n) is 9.02. The van der Waals surface area contributed by atoms with Crippen molar-refractivity contribution in [2.75, 3.05) is 16.8 Å². The van der Waals surface area contributed by atoms with Crippen LogP contribution in [0.25, 0.3) is 0 Å². The van der Waals surface area contributed by atoms with Crippen LogP contribution in [0.1, 0.15) is 46.0 Å². The van der Waals surface area contributed by atoms with Crippen LogP contribution in [-0.4, -0.2) is 16.8 Å². The monoisotopic (exact) mass is 266 g/mol. The SMILES string of the molecule is CCCCCSCC(CBr)CCC. The van der Waals surface area contributed by atoms with Crippen molar-refractivity contribution in [1.82, 2.24) is 0 Å². The van der Waals surface area contributed by atoms with Crippen molar-refractivity contribution in [2.45, 2.75) is 46.0 Å². The molecular formula is C11H23BrS. The molecule has 0 saturated carbocycles.